The smallest absolute Gasteiger partial charge is 0.314 e. The van der Waals surface area contributed by atoms with Gasteiger partial charge in [0, 0.05) is 57.8 Å². The predicted molar refractivity (Wildman–Crippen MR) is 237 cm³/mol. The van der Waals surface area contributed by atoms with Gasteiger partial charge in [0.05, 0.1) is 52.2 Å². The van der Waals surface area contributed by atoms with Crippen molar-refractivity contribution in [3.63, 3.8) is 0 Å². The van der Waals surface area contributed by atoms with Crippen molar-refractivity contribution < 1.29 is 84.9 Å². The molecule has 2 atom stereocenters. The molecule has 0 aromatic heterocycles. The number of ether oxygens (including phenoxy) is 1. The molecule has 0 spiro atoms. The lowest BCUT2D eigenvalue weighted by Crippen LogP contribution is -2.39. The van der Waals surface area contributed by atoms with E-state index in [2.05, 4.69) is 35.5 Å². The van der Waals surface area contributed by atoms with E-state index in [1.165, 1.54) is 6.92 Å². The number of carboxylic acids is 3. The van der Waals surface area contributed by atoms with Crippen molar-refractivity contribution in [3.05, 3.63) is 0 Å². The average Bonchev–Trinajstić information content (AvgIpc) is 4.13. The van der Waals surface area contributed by atoms with Gasteiger partial charge in [0.15, 0.2) is 0 Å². The number of unbranched alkanes of at least 4 members (excludes halogenated alkanes) is 5. The van der Waals surface area contributed by atoms with E-state index in [4.69, 9.17) is 67.6 Å². The Morgan fingerprint density at radius 3 is 1.24 bits per heavy atom. The van der Waals surface area contributed by atoms with E-state index in [0.29, 0.717) is 32.5 Å². The van der Waals surface area contributed by atoms with Crippen LogP contribution in [0.25, 0.3) is 0 Å². The Hall–Kier alpha value is -3.27. The number of carboxylic acid groups (broad SMARTS) is 3. The van der Waals surface area contributed by atoms with Gasteiger partial charge in [-0.25, -0.2) is 19.6 Å². The highest BCUT2D eigenvalue weighted by molar-refractivity contribution is 5.74. The molecule has 63 heavy (non-hydrogen) atoms. The van der Waals surface area contributed by atoms with Crippen LogP contribution in [-0.4, -0.2) is 178 Å². The van der Waals surface area contributed by atoms with E-state index < -0.39 is 36.5 Å². The molecule has 2 rings (SSSR count). The van der Waals surface area contributed by atoms with Crippen molar-refractivity contribution >= 4 is 30.1 Å². The number of aliphatic hydroxyl groups is 8. The number of aliphatic imine (C=N–C) groups is 2. The number of isocyanates is 2. The van der Waals surface area contributed by atoms with Crippen molar-refractivity contribution in [2.24, 2.45) is 43.1 Å². The standard InChI is InChI=1S/C12H18N2O2.C6H10O4.C6H14O2.C5H10O4.C5H12O2.C4H10O2.C2H8N2.C2H4O/c1-11(2)4-10(14-9-16)5-12(3,6-11)7-13-8-15;7-5(8)3-1-2-4-6(9)10;7-5-3-1-2-4-6-8;1-5(2-6,3-7)4(8)9;1-5(2,3-6)4-7;5-3-1-2-4-6;3-1-2-4;1-2-3-1/h10H,4-7H2,1-3H3;1-4H2,(H,7,8)(H,9,10);7-8H,1-6H2;6-7H,2-3H2,1H3,(H,8,9);6-7H,3-4H2,1-2H3;5-6H,1-4H2;1-4H2;1-2H2. The lowest BCUT2D eigenvalue weighted by atomic mass is 9.63. The zero-order valence-electron chi connectivity index (χ0n) is 38.9. The van der Waals surface area contributed by atoms with Gasteiger partial charge in [-0.05, 0) is 75.5 Å². The first-order valence-corrected chi connectivity index (χ1v) is 21.1. The van der Waals surface area contributed by atoms with Gasteiger partial charge < -0.3 is 72.4 Å². The van der Waals surface area contributed by atoms with Gasteiger partial charge >= 0.3 is 17.9 Å². The number of hydrogen-bond donors (Lipinski definition) is 13. The number of hydrogen-bond acceptors (Lipinski definition) is 18. The quantitative estimate of drug-likeness (QED) is 0.0314. The molecule has 1 saturated carbocycles. The van der Waals surface area contributed by atoms with E-state index in [1.54, 1.807) is 26.0 Å². The lowest BCUT2D eigenvalue weighted by molar-refractivity contribution is -0.153. The van der Waals surface area contributed by atoms with Crippen LogP contribution >= 0.6 is 0 Å². The zero-order valence-corrected chi connectivity index (χ0v) is 38.9. The van der Waals surface area contributed by atoms with Crippen LogP contribution < -0.4 is 11.5 Å². The Morgan fingerprint density at radius 2 is 1.02 bits per heavy atom. The number of aliphatic hydroxyl groups excluding tert-OH is 8. The second kappa shape index (κ2) is 48.2. The molecule has 376 valence electrons. The first-order valence-electron chi connectivity index (χ1n) is 21.1. The van der Waals surface area contributed by atoms with Crippen LogP contribution in [0.3, 0.4) is 0 Å². The fourth-order valence-corrected chi connectivity index (χ4v) is 4.68. The Balaban J connectivity index is -0.000000154. The number of nitrogens with two attached hydrogens (primary N) is 2. The summed E-state index contributed by atoms with van der Waals surface area (Å²) in [5, 5.41) is 91.1. The monoisotopic (exact) mass is 919 g/mol. The summed E-state index contributed by atoms with van der Waals surface area (Å²) in [5.41, 5.74) is 8.17. The normalized spacial score (nSPS) is 16.3. The molecule has 21 heteroatoms. The molecule has 2 fully saturated rings. The Morgan fingerprint density at radius 1 is 0.635 bits per heavy atom. The van der Waals surface area contributed by atoms with Crippen LogP contribution in [0.4, 0.5) is 0 Å². The second-order valence-corrected chi connectivity index (χ2v) is 16.7. The third-order valence-corrected chi connectivity index (χ3v) is 8.29. The fourth-order valence-electron chi connectivity index (χ4n) is 4.68. The maximum atomic E-state index is 10.3. The summed E-state index contributed by atoms with van der Waals surface area (Å²) in [7, 11) is 0. The van der Waals surface area contributed by atoms with Crippen molar-refractivity contribution in [2.75, 3.05) is 85.7 Å². The maximum Gasteiger partial charge on any atom is 0.314 e. The topological polar surface area (TPSA) is 397 Å². The maximum absolute atomic E-state index is 10.3. The molecule has 2 aliphatic rings. The van der Waals surface area contributed by atoms with E-state index in [9.17, 15) is 24.0 Å². The summed E-state index contributed by atoms with van der Waals surface area (Å²) in [6.07, 6.45) is 12.2. The largest absolute Gasteiger partial charge is 0.481 e. The lowest BCUT2D eigenvalue weighted by Gasteiger charge is -2.44. The minimum absolute atomic E-state index is 0.00750. The van der Waals surface area contributed by atoms with Gasteiger partial charge in [-0.15, -0.1) is 0 Å². The predicted octanol–water partition coefficient (Wildman–Crippen LogP) is 1.22. The first kappa shape index (κ1) is 71.4. The number of epoxide rings is 1. The van der Waals surface area contributed by atoms with Gasteiger partial charge in [-0.1, -0.05) is 47.5 Å². The summed E-state index contributed by atoms with van der Waals surface area (Å²) in [4.78, 5) is 58.0. The van der Waals surface area contributed by atoms with Crippen LogP contribution in [0.15, 0.2) is 9.98 Å². The molecule has 1 saturated heterocycles. The number of aliphatic carboxylic acids is 3. The van der Waals surface area contributed by atoms with Gasteiger partial charge in [-0.3, -0.25) is 14.4 Å². The van der Waals surface area contributed by atoms with Crippen molar-refractivity contribution in [1.82, 2.24) is 0 Å². The molecule has 21 nitrogen and oxygen atoms in total. The fraction of sp³-hybridized carbons (Fsp3) is 0.881. The van der Waals surface area contributed by atoms with E-state index >= 15 is 0 Å². The molecule has 0 radical (unpaired) electrons. The summed E-state index contributed by atoms with van der Waals surface area (Å²) in [6, 6.07) is 0.00750. The highest BCUT2D eigenvalue weighted by atomic mass is 16.6. The van der Waals surface area contributed by atoms with Crippen LogP contribution in [0.5, 0.6) is 0 Å². The average molecular weight is 919 g/mol. The van der Waals surface area contributed by atoms with Gasteiger partial charge in [-0.2, -0.15) is 0 Å². The number of rotatable bonds is 22. The molecule has 0 aromatic carbocycles. The van der Waals surface area contributed by atoms with Crippen molar-refractivity contribution in [1.29, 1.82) is 0 Å². The SMILES string of the molecule is C1CO1.CC(C)(CO)CO.CC(CO)(CO)C(=O)O.CC1(C)CC(N=C=O)CC(C)(CN=C=O)C1.NCCN.O=C(O)CCCCC(=O)O.OCCCCCCO.OCCCCO. The third-order valence-electron chi connectivity index (χ3n) is 8.29. The Kier molecular flexibility index (Phi) is 54.6. The zero-order chi connectivity index (χ0) is 50.2. The van der Waals surface area contributed by atoms with Gasteiger partial charge in [0.2, 0.25) is 12.2 Å². The Labute approximate surface area is 374 Å². The number of nitrogens with zero attached hydrogens (tertiary/aromatic N) is 2. The van der Waals surface area contributed by atoms with Gasteiger partial charge in [0.25, 0.3) is 0 Å². The third kappa shape index (κ3) is 60.9. The van der Waals surface area contributed by atoms with Crippen LogP contribution in [-0.2, 0) is 28.7 Å². The minimum Gasteiger partial charge on any atom is -0.481 e. The second-order valence-electron chi connectivity index (χ2n) is 16.7. The molecule has 2 unspecified atom stereocenters. The van der Waals surface area contributed by atoms with E-state index in [-0.39, 0.29) is 74.8 Å². The van der Waals surface area contributed by atoms with Crippen LogP contribution in [0.1, 0.15) is 125 Å². The van der Waals surface area contributed by atoms with E-state index in [1.807, 2.05) is 0 Å². The molecule has 1 heterocycles. The van der Waals surface area contributed by atoms with Crippen molar-refractivity contribution in [2.45, 2.75) is 131 Å². The highest BCUT2D eigenvalue weighted by Crippen LogP contribution is 2.47. The van der Waals surface area contributed by atoms with Crippen LogP contribution in [0.2, 0.25) is 0 Å². The van der Waals surface area contributed by atoms with Crippen molar-refractivity contribution in [3.8, 4) is 0 Å². The summed E-state index contributed by atoms with van der Waals surface area (Å²) >= 11 is 0. The van der Waals surface area contributed by atoms with Crippen LogP contribution in [0, 0.1) is 21.7 Å². The molecular weight excluding hydrogens is 832 g/mol. The molecule has 1 aliphatic heterocycles. The summed E-state index contributed by atoms with van der Waals surface area (Å²) < 4.78 is 4.50. The number of carbonyl (C=O) groups excluding carboxylic acids is 2. The highest BCUT2D eigenvalue weighted by Gasteiger charge is 2.41. The number of carbonyl (C=O) groups is 3. The molecule has 0 bridgehead atoms. The summed E-state index contributed by atoms with van der Waals surface area (Å²) in [5.74, 6) is -2.93. The molecule has 1 aliphatic carbocycles. The Bertz CT molecular complexity index is 1120. The van der Waals surface area contributed by atoms with Gasteiger partial charge in [0.1, 0.15) is 5.41 Å². The minimum atomic E-state index is -1.39. The van der Waals surface area contributed by atoms with E-state index in [0.717, 1.165) is 71.0 Å². The molecule has 15 N–H and O–H groups in total. The molecule has 0 amide bonds. The summed E-state index contributed by atoms with van der Waals surface area (Å²) in [6.45, 7) is 14.9. The molecule has 0 aromatic rings. The molecular formula is C42H86N4O17. The first-order chi connectivity index (χ1) is 29.5.